The Hall–Kier alpha value is -4.01. The van der Waals surface area contributed by atoms with E-state index >= 15 is 0 Å². The average molecular weight is 417 g/mol. The predicted molar refractivity (Wildman–Crippen MR) is 116 cm³/mol. The monoisotopic (exact) mass is 417 g/mol. The minimum atomic E-state index is -0.288. The van der Waals surface area contributed by atoms with Crippen LogP contribution in [0.5, 0.6) is 0 Å². The van der Waals surface area contributed by atoms with Crippen molar-refractivity contribution in [3.63, 3.8) is 0 Å². The molecule has 1 aromatic carbocycles. The number of nitrogens with one attached hydrogen (secondary N) is 1. The molecule has 1 N–H and O–H groups in total. The summed E-state index contributed by atoms with van der Waals surface area (Å²) in [5, 5.41) is 6.92. The van der Waals surface area contributed by atoms with Gasteiger partial charge in [-0.3, -0.25) is 14.4 Å². The molecule has 9 heteroatoms. The Kier molecular flexibility index (Phi) is 5.48. The number of fused-ring (bicyclic) bond motifs is 1. The molecule has 158 valence electrons. The van der Waals surface area contributed by atoms with Crippen molar-refractivity contribution < 1.29 is 9.59 Å². The molecule has 4 rings (SSSR count). The molecule has 0 saturated heterocycles. The van der Waals surface area contributed by atoms with E-state index in [-0.39, 0.29) is 11.9 Å². The molecule has 0 radical (unpaired) electrons. The van der Waals surface area contributed by atoms with Crippen LogP contribution >= 0.6 is 0 Å². The zero-order valence-electron chi connectivity index (χ0n) is 17.4. The lowest BCUT2D eigenvalue weighted by atomic mass is 10.1. The summed E-state index contributed by atoms with van der Waals surface area (Å²) in [5.74, 6) is 0.947. The van der Waals surface area contributed by atoms with E-state index in [9.17, 15) is 9.59 Å². The van der Waals surface area contributed by atoms with Crippen molar-refractivity contribution in [3.05, 3.63) is 78.0 Å². The number of anilines is 2. The number of amides is 3. The number of carbonyl (C=O) groups excluding carboxylic acids is 2. The highest BCUT2D eigenvalue weighted by molar-refractivity contribution is 5.99. The van der Waals surface area contributed by atoms with Gasteiger partial charge >= 0.3 is 6.03 Å². The molecule has 0 atom stereocenters. The lowest BCUT2D eigenvalue weighted by molar-refractivity contribution is -0.111. The first-order valence-electron chi connectivity index (χ1n) is 9.80. The topological polar surface area (TPSA) is 96.3 Å². The maximum Gasteiger partial charge on any atom is 0.326 e. The van der Waals surface area contributed by atoms with Gasteiger partial charge < -0.3 is 10.2 Å². The zero-order valence-corrected chi connectivity index (χ0v) is 17.4. The molecule has 3 amide bonds. The molecule has 0 bridgehead atoms. The molecular weight excluding hydrogens is 394 g/mol. The summed E-state index contributed by atoms with van der Waals surface area (Å²) in [6.07, 6.45) is 7.23. The number of carbonyl (C=O) groups is 2. The van der Waals surface area contributed by atoms with Crippen LogP contribution in [0.1, 0.15) is 22.5 Å². The summed E-state index contributed by atoms with van der Waals surface area (Å²) >= 11 is 0. The minimum Gasteiger partial charge on any atom is -0.323 e. The fraction of sp³-hybridized carbons (Fsp3) is 0.227. The van der Waals surface area contributed by atoms with Gasteiger partial charge in [0.25, 0.3) is 0 Å². The number of urea groups is 1. The number of aromatic nitrogens is 4. The van der Waals surface area contributed by atoms with E-state index in [1.54, 1.807) is 40.0 Å². The Balaban J connectivity index is 1.63. The van der Waals surface area contributed by atoms with E-state index in [4.69, 9.17) is 4.98 Å². The fourth-order valence-electron chi connectivity index (χ4n) is 3.49. The van der Waals surface area contributed by atoms with Crippen LogP contribution in [0.3, 0.4) is 0 Å². The number of hydrogen-bond donors (Lipinski definition) is 1. The summed E-state index contributed by atoms with van der Waals surface area (Å²) in [4.78, 5) is 37.0. The van der Waals surface area contributed by atoms with Crippen LogP contribution in [0.25, 0.3) is 0 Å². The summed E-state index contributed by atoms with van der Waals surface area (Å²) in [6, 6.07) is 7.22. The van der Waals surface area contributed by atoms with Crippen molar-refractivity contribution in [1.82, 2.24) is 24.6 Å². The Morgan fingerprint density at radius 1 is 1.26 bits per heavy atom. The summed E-state index contributed by atoms with van der Waals surface area (Å²) in [7, 11) is 3.61. The van der Waals surface area contributed by atoms with Crippen LogP contribution in [0.2, 0.25) is 0 Å². The molecule has 0 saturated carbocycles. The molecule has 0 spiro atoms. The molecule has 31 heavy (non-hydrogen) atoms. The molecular formula is C22H23N7O2. The Bertz CT molecular complexity index is 1150. The van der Waals surface area contributed by atoms with Crippen LogP contribution in [0.15, 0.2) is 55.5 Å². The molecule has 9 nitrogen and oxygen atoms in total. The van der Waals surface area contributed by atoms with Gasteiger partial charge in [0.2, 0.25) is 5.91 Å². The third-order valence-electron chi connectivity index (χ3n) is 4.95. The second kappa shape index (κ2) is 8.39. The highest BCUT2D eigenvalue weighted by atomic mass is 16.2. The average Bonchev–Trinajstić information content (AvgIpc) is 3.16. The summed E-state index contributed by atoms with van der Waals surface area (Å²) in [5.41, 5.74) is 3.39. The van der Waals surface area contributed by atoms with Crippen molar-refractivity contribution in [3.8, 4) is 0 Å². The molecule has 2 aromatic heterocycles. The quantitative estimate of drug-likeness (QED) is 0.622. The Labute approximate surface area is 180 Å². The van der Waals surface area contributed by atoms with Crippen molar-refractivity contribution in [1.29, 1.82) is 0 Å². The van der Waals surface area contributed by atoms with Gasteiger partial charge in [0.05, 0.1) is 19.3 Å². The lowest BCUT2D eigenvalue weighted by Gasteiger charge is -2.34. The van der Waals surface area contributed by atoms with Gasteiger partial charge in [0, 0.05) is 44.2 Å². The zero-order chi connectivity index (χ0) is 22.0. The maximum atomic E-state index is 13.0. The van der Waals surface area contributed by atoms with E-state index in [2.05, 4.69) is 22.0 Å². The van der Waals surface area contributed by atoms with Crippen LogP contribution in [-0.4, -0.2) is 43.6 Å². The number of aryl methyl sites for hydroxylation is 1. The summed E-state index contributed by atoms with van der Waals surface area (Å²) < 4.78 is 1.73. The number of hydrogen-bond acceptors (Lipinski definition) is 5. The molecule has 0 unspecified atom stereocenters. The predicted octanol–water partition coefficient (Wildman–Crippen LogP) is 2.50. The van der Waals surface area contributed by atoms with Gasteiger partial charge in [0.15, 0.2) is 0 Å². The highest BCUT2D eigenvalue weighted by Crippen LogP contribution is 2.28. The van der Waals surface area contributed by atoms with Gasteiger partial charge in [0.1, 0.15) is 11.6 Å². The Morgan fingerprint density at radius 2 is 2.10 bits per heavy atom. The second-order valence-corrected chi connectivity index (χ2v) is 7.45. The van der Waals surface area contributed by atoms with Gasteiger partial charge in [-0.05, 0) is 29.3 Å². The first kappa shape index (κ1) is 20.3. The van der Waals surface area contributed by atoms with Crippen LogP contribution in [-0.2, 0) is 31.4 Å². The first-order valence-corrected chi connectivity index (χ1v) is 9.80. The fourth-order valence-corrected chi connectivity index (χ4v) is 3.49. The molecule has 3 aromatic rings. The lowest BCUT2D eigenvalue weighted by Crippen LogP contribution is -2.45. The molecule has 3 heterocycles. The normalized spacial score (nSPS) is 13.2. The highest BCUT2D eigenvalue weighted by Gasteiger charge is 2.30. The van der Waals surface area contributed by atoms with Crippen molar-refractivity contribution in [2.24, 2.45) is 7.05 Å². The number of nitrogens with zero attached hydrogens (tertiary/aromatic N) is 6. The largest absolute Gasteiger partial charge is 0.326 e. The van der Waals surface area contributed by atoms with E-state index in [0.717, 1.165) is 16.7 Å². The molecule has 0 aliphatic carbocycles. The van der Waals surface area contributed by atoms with E-state index in [1.165, 1.54) is 6.08 Å². The third-order valence-corrected chi connectivity index (χ3v) is 4.95. The minimum absolute atomic E-state index is 0.140. The molecule has 1 aliphatic heterocycles. The smallest absolute Gasteiger partial charge is 0.323 e. The van der Waals surface area contributed by atoms with Crippen molar-refractivity contribution in [2.45, 2.75) is 19.5 Å². The van der Waals surface area contributed by atoms with Crippen molar-refractivity contribution >= 4 is 23.4 Å². The van der Waals surface area contributed by atoms with Gasteiger partial charge in [-0.2, -0.15) is 5.10 Å². The molecule has 0 fully saturated rings. The number of rotatable bonds is 6. The van der Waals surface area contributed by atoms with E-state index in [1.807, 2.05) is 31.4 Å². The van der Waals surface area contributed by atoms with Gasteiger partial charge in [-0.15, -0.1) is 0 Å². The third kappa shape index (κ3) is 4.45. The van der Waals surface area contributed by atoms with Crippen LogP contribution in [0, 0.1) is 0 Å². The van der Waals surface area contributed by atoms with Gasteiger partial charge in [-0.1, -0.05) is 18.7 Å². The SMILES string of the molecule is C=CC(=O)Nc1cccc(CN2C(=O)N(C)Cc3cnc(Cc4cnn(C)c4)nc32)c1. The number of benzene rings is 1. The standard InChI is InChI=1S/C22H23N7O2/c1-4-20(30)25-18-7-5-6-15(8-18)13-29-21-17(14-27(2)22(29)31)11-23-19(26-21)9-16-10-24-28(3)12-16/h4-8,10-12H,1,9,13-14H2,2-3H3,(H,25,30). The van der Waals surface area contributed by atoms with E-state index < -0.39 is 0 Å². The molecule has 1 aliphatic rings. The first-order chi connectivity index (χ1) is 14.9. The van der Waals surface area contributed by atoms with Crippen molar-refractivity contribution in [2.75, 3.05) is 17.3 Å². The maximum absolute atomic E-state index is 13.0. The van der Waals surface area contributed by atoms with E-state index in [0.29, 0.717) is 36.8 Å². The second-order valence-electron chi connectivity index (χ2n) is 7.45. The van der Waals surface area contributed by atoms with Crippen LogP contribution < -0.4 is 10.2 Å². The summed E-state index contributed by atoms with van der Waals surface area (Å²) in [6.45, 7) is 4.23. The Morgan fingerprint density at radius 3 is 2.84 bits per heavy atom. The van der Waals surface area contributed by atoms with Crippen LogP contribution in [0.4, 0.5) is 16.3 Å². The van der Waals surface area contributed by atoms with Gasteiger partial charge in [-0.25, -0.2) is 14.8 Å².